The van der Waals surface area contributed by atoms with Gasteiger partial charge in [0.1, 0.15) is 11.9 Å². The first-order chi connectivity index (χ1) is 10.9. The van der Waals surface area contributed by atoms with Gasteiger partial charge in [0, 0.05) is 17.9 Å². The summed E-state index contributed by atoms with van der Waals surface area (Å²) >= 11 is 0. The second-order valence-corrected chi connectivity index (χ2v) is 8.19. The van der Waals surface area contributed by atoms with Crippen LogP contribution in [0.1, 0.15) is 64.0 Å². The zero-order valence-corrected chi connectivity index (χ0v) is 13.8. The molecule has 1 saturated heterocycles. The van der Waals surface area contributed by atoms with Crippen LogP contribution in [0.15, 0.2) is 23.0 Å². The topological polar surface area (TPSA) is 56.5 Å². The fraction of sp³-hybridized carbons (Fsp3) is 0.684. The zero-order valence-electron chi connectivity index (χ0n) is 13.8. The highest BCUT2D eigenvalue weighted by atomic mass is 16.5. The summed E-state index contributed by atoms with van der Waals surface area (Å²) in [6, 6.07) is 1.85. The van der Waals surface area contributed by atoms with Crippen molar-refractivity contribution in [1.29, 1.82) is 0 Å². The van der Waals surface area contributed by atoms with Crippen LogP contribution >= 0.6 is 0 Å². The molecule has 4 heteroatoms. The predicted molar refractivity (Wildman–Crippen MR) is 83.4 cm³/mol. The molecule has 124 valence electrons. The lowest BCUT2D eigenvalue weighted by molar-refractivity contribution is -0.195. The molecule has 5 atom stereocenters. The molecule has 4 rings (SSSR count). The van der Waals surface area contributed by atoms with Gasteiger partial charge in [0.15, 0.2) is 0 Å². The number of fused-ring (bicyclic) bond motifs is 3. The minimum atomic E-state index is -0.304. The number of ketones is 1. The molecule has 1 aromatic rings. The van der Waals surface area contributed by atoms with Crippen molar-refractivity contribution >= 4 is 11.8 Å². The number of Topliss-reactive ketones (excluding diaryl/α,β-unsaturated/α-hetero) is 1. The largest absolute Gasteiger partial charge is 0.472 e. The molecule has 2 aliphatic carbocycles. The molecule has 0 radical (unpaired) electrons. The maximum atomic E-state index is 12.8. The van der Waals surface area contributed by atoms with E-state index < -0.39 is 0 Å². The summed E-state index contributed by atoms with van der Waals surface area (Å²) in [5.74, 6) is 0.0486. The van der Waals surface area contributed by atoms with E-state index in [4.69, 9.17) is 9.15 Å². The van der Waals surface area contributed by atoms with E-state index in [0.29, 0.717) is 12.2 Å². The van der Waals surface area contributed by atoms with Crippen molar-refractivity contribution in [2.75, 3.05) is 0 Å². The molecule has 0 spiro atoms. The van der Waals surface area contributed by atoms with Crippen LogP contribution in [-0.2, 0) is 14.3 Å². The Morgan fingerprint density at radius 3 is 2.78 bits per heavy atom. The molecule has 23 heavy (non-hydrogen) atoms. The lowest BCUT2D eigenvalue weighted by Crippen LogP contribution is -2.58. The summed E-state index contributed by atoms with van der Waals surface area (Å²) in [6.07, 6.45) is 8.21. The summed E-state index contributed by atoms with van der Waals surface area (Å²) < 4.78 is 10.9. The van der Waals surface area contributed by atoms with E-state index in [1.807, 2.05) is 6.07 Å². The minimum absolute atomic E-state index is 0.0234. The SMILES string of the molecule is CC12CCCC(=O)C1[C@@]1(C)CC(c3ccoc3)OC(=O)C1CC2. The first kappa shape index (κ1) is 15.0. The Morgan fingerprint density at radius 2 is 2.04 bits per heavy atom. The van der Waals surface area contributed by atoms with Gasteiger partial charge in [-0.3, -0.25) is 9.59 Å². The van der Waals surface area contributed by atoms with Crippen LogP contribution in [0.5, 0.6) is 0 Å². The van der Waals surface area contributed by atoms with Gasteiger partial charge in [0.05, 0.1) is 18.4 Å². The number of carbonyl (C=O) groups excluding carboxylic acids is 2. The Morgan fingerprint density at radius 1 is 1.22 bits per heavy atom. The van der Waals surface area contributed by atoms with Crippen molar-refractivity contribution in [3.8, 4) is 0 Å². The number of hydrogen-bond donors (Lipinski definition) is 0. The lowest BCUT2D eigenvalue weighted by atomic mass is 9.46. The quantitative estimate of drug-likeness (QED) is 0.733. The standard InChI is InChI=1S/C19H24O4/c1-18-7-3-4-14(20)16(18)19(2)10-15(12-6-9-22-11-12)23-17(21)13(19)5-8-18/h6,9,11,13,15-16H,3-5,7-8,10H2,1-2H3/t13?,15?,16?,18?,19-/m0/s1. The molecule has 0 bridgehead atoms. The van der Waals surface area contributed by atoms with Crippen LogP contribution in [0.3, 0.4) is 0 Å². The van der Waals surface area contributed by atoms with Crippen LogP contribution < -0.4 is 0 Å². The molecule has 4 unspecified atom stereocenters. The minimum Gasteiger partial charge on any atom is -0.472 e. The van der Waals surface area contributed by atoms with E-state index in [1.54, 1.807) is 12.5 Å². The lowest BCUT2D eigenvalue weighted by Gasteiger charge is -2.58. The highest BCUT2D eigenvalue weighted by molar-refractivity contribution is 5.86. The van der Waals surface area contributed by atoms with Gasteiger partial charge in [0.25, 0.3) is 0 Å². The molecule has 0 amide bonds. The van der Waals surface area contributed by atoms with E-state index in [1.165, 1.54) is 0 Å². The summed E-state index contributed by atoms with van der Waals surface area (Å²) in [5.41, 5.74) is 0.634. The normalized spacial score (nSPS) is 43.5. The second kappa shape index (κ2) is 4.96. The highest BCUT2D eigenvalue weighted by Gasteiger charge is 2.62. The van der Waals surface area contributed by atoms with Crippen molar-refractivity contribution in [1.82, 2.24) is 0 Å². The summed E-state index contributed by atoms with van der Waals surface area (Å²) in [6.45, 7) is 4.40. The van der Waals surface area contributed by atoms with Crippen molar-refractivity contribution in [2.24, 2.45) is 22.7 Å². The van der Waals surface area contributed by atoms with E-state index in [-0.39, 0.29) is 34.7 Å². The average Bonchev–Trinajstić information content (AvgIpc) is 2.99. The molecule has 3 aliphatic rings. The van der Waals surface area contributed by atoms with Crippen LogP contribution in [0, 0.1) is 22.7 Å². The number of hydrogen-bond acceptors (Lipinski definition) is 4. The van der Waals surface area contributed by atoms with E-state index in [9.17, 15) is 9.59 Å². The molecular formula is C19H24O4. The monoisotopic (exact) mass is 316 g/mol. The molecule has 3 fully saturated rings. The fourth-order valence-electron chi connectivity index (χ4n) is 5.74. The molecule has 1 aliphatic heterocycles. The number of esters is 1. The number of ether oxygens (including phenoxy) is 1. The van der Waals surface area contributed by atoms with Gasteiger partial charge in [-0.2, -0.15) is 0 Å². The molecule has 2 saturated carbocycles. The number of rotatable bonds is 1. The van der Waals surface area contributed by atoms with Crippen LogP contribution in [-0.4, -0.2) is 11.8 Å². The number of carbonyl (C=O) groups is 2. The smallest absolute Gasteiger partial charge is 0.310 e. The first-order valence-electron chi connectivity index (χ1n) is 8.69. The van der Waals surface area contributed by atoms with Gasteiger partial charge in [0.2, 0.25) is 0 Å². The Hall–Kier alpha value is -1.58. The van der Waals surface area contributed by atoms with Gasteiger partial charge < -0.3 is 9.15 Å². The zero-order chi connectivity index (χ0) is 16.2. The van der Waals surface area contributed by atoms with Crippen molar-refractivity contribution in [2.45, 2.75) is 58.5 Å². The van der Waals surface area contributed by atoms with E-state index in [2.05, 4.69) is 13.8 Å². The summed E-state index contributed by atoms with van der Waals surface area (Å²) in [5, 5.41) is 0. The maximum Gasteiger partial charge on any atom is 0.310 e. The third kappa shape index (κ3) is 2.10. The fourth-order valence-corrected chi connectivity index (χ4v) is 5.74. The third-order valence-electron chi connectivity index (χ3n) is 6.73. The van der Waals surface area contributed by atoms with Crippen molar-refractivity contribution in [3.63, 3.8) is 0 Å². The molecule has 2 heterocycles. The Kier molecular flexibility index (Phi) is 3.23. The second-order valence-electron chi connectivity index (χ2n) is 8.19. The van der Waals surface area contributed by atoms with Gasteiger partial charge in [-0.15, -0.1) is 0 Å². The Balaban J connectivity index is 1.74. The van der Waals surface area contributed by atoms with E-state index >= 15 is 0 Å². The highest BCUT2D eigenvalue weighted by Crippen LogP contribution is 2.63. The van der Waals surface area contributed by atoms with Gasteiger partial charge >= 0.3 is 5.97 Å². The number of cyclic esters (lactones) is 1. The van der Waals surface area contributed by atoms with Crippen LogP contribution in [0.25, 0.3) is 0 Å². The van der Waals surface area contributed by atoms with E-state index in [0.717, 1.165) is 37.7 Å². The molecule has 0 N–H and O–H groups in total. The predicted octanol–water partition coefficient (Wildman–Crippen LogP) is 4.06. The molecule has 1 aromatic heterocycles. The maximum absolute atomic E-state index is 12.8. The van der Waals surface area contributed by atoms with Crippen molar-refractivity contribution in [3.05, 3.63) is 24.2 Å². The third-order valence-corrected chi connectivity index (χ3v) is 6.73. The number of furan rings is 1. The van der Waals surface area contributed by atoms with Crippen molar-refractivity contribution < 1.29 is 18.7 Å². The Labute approximate surface area is 136 Å². The first-order valence-corrected chi connectivity index (χ1v) is 8.69. The van der Waals surface area contributed by atoms with Crippen LogP contribution in [0.4, 0.5) is 0 Å². The van der Waals surface area contributed by atoms with Gasteiger partial charge in [-0.25, -0.2) is 0 Å². The molecule has 0 aromatic carbocycles. The van der Waals surface area contributed by atoms with Crippen LogP contribution in [0.2, 0.25) is 0 Å². The summed E-state index contributed by atoms with van der Waals surface area (Å²) in [7, 11) is 0. The summed E-state index contributed by atoms with van der Waals surface area (Å²) in [4.78, 5) is 25.5. The molecule has 4 nitrogen and oxygen atoms in total. The van der Waals surface area contributed by atoms with Gasteiger partial charge in [-0.05, 0) is 49.0 Å². The average molecular weight is 316 g/mol. The Bertz CT molecular complexity index is 634. The van der Waals surface area contributed by atoms with Gasteiger partial charge in [-0.1, -0.05) is 13.8 Å². The molecular weight excluding hydrogens is 292 g/mol.